The van der Waals surface area contributed by atoms with Crippen LogP contribution in [0.5, 0.6) is 0 Å². The zero-order valence-corrected chi connectivity index (χ0v) is 11.3. The fourth-order valence-corrected chi connectivity index (χ4v) is 1.96. The molecule has 0 spiro atoms. The maximum Gasteiger partial charge on any atom is 0.203 e. The zero-order chi connectivity index (χ0) is 14.7. The fourth-order valence-electron chi connectivity index (χ4n) is 1.96. The molecule has 0 amide bonds. The van der Waals surface area contributed by atoms with Crippen molar-refractivity contribution in [1.82, 2.24) is 20.2 Å². The van der Waals surface area contributed by atoms with Crippen LogP contribution in [0, 0.1) is 18.3 Å². The van der Waals surface area contributed by atoms with Gasteiger partial charge >= 0.3 is 0 Å². The van der Waals surface area contributed by atoms with E-state index in [0.717, 1.165) is 16.9 Å². The highest BCUT2D eigenvalue weighted by molar-refractivity contribution is 5.54. The molecule has 3 rings (SSSR count). The molecule has 0 aliphatic rings. The first-order valence-electron chi connectivity index (χ1n) is 6.33. The van der Waals surface area contributed by atoms with Gasteiger partial charge in [-0.05, 0) is 47.2 Å². The molecular weight excluding hydrogens is 268 g/mol. The van der Waals surface area contributed by atoms with Gasteiger partial charge in [0.15, 0.2) is 0 Å². The van der Waals surface area contributed by atoms with Crippen molar-refractivity contribution in [2.24, 2.45) is 0 Å². The molecule has 0 saturated heterocycles. The molecule has 0 unspecified atom stereocenters. The molecule has 104 valence electrons. The number of nitrogens with zero attached hydrogens (tertiary/aromatic N) is 5. The summed E-state index contributed by atoms with van der Waals surface area (Å²) >= 11 is 0. The minimum absolute atomic E-state index is 0.310. The number of anilines is 1. The molecule has 0 atom stereocenters. The van der Waals surface area contributed by atoms with Crippen molar-refractivity contribution in [1.29, 1.82) is 5.26 Å². The summed E-state index contributed by atoms with van der Waals surface area (Å²) in [6.45, 7) is 2.49. The predicted molar refractivity (Wildman–Crippen MR) is 74.6 cm³/mol. The maximum absolute atomic E-state index is 8.72. The predicted octanol–water partition coefficient (Wildman–Crippen LogP) is 2.05. The summed E-state index contributed by atoms with van der Waals surface area (Å²) in [4.78, 5) is 0. The van der Waals surface area contributed by atoms with Crippen molar-refractivity contribution in [3.8, 4) is 11.8 Å². The van der Waals surface area contributed by atoms with Crippen LogP contribution >= 0.6 is 0 Å². The van der Waals surface area contributed by atoms with E-state index in [9.17, 15) is 0 Å². The Hall–Kier alpha value is -3.14. The van der Waals surface area contributed by atoms with Crippen molar-refractivity contribution < 1.29 is 4.42 Å². The Morgan fingerprint density at radius 3 is 2.95 bits per heavy atom. The number of hydrogen-bond acceptors (Lipinski definition) is 6. The van der Waals surface area contributed by atoms with Gasteiger partial charge in [-0.15, -0.1) is 5.10 Å². The number of rotatable bonds is 4. The average molecular weight is 280 g/mol. The third-order valence-corrected chi connectivity index (χ3v) is 3.04. The van der Waals surface area contributed by atoms with Crippen LogP contribution in [0.15, 0.2) is 41.1 Å². The zero-order valence-electron chi connectivity index (χ0n) is 11.3. The summed E-state index contributed by atoms with van der Waals surface area (Å²) in [7, 11) is 0. The lowest BCUT2D eigenvalue weighted by Crippen LogP contribution is -2.02. The number of furan rings is 1. The van der Waals surface area contributed by atoms with Crippen molar-refractivity contribution in [3.63, 3.8) is 0 Å². The van der Waals surface area contributed by atoms with E-state index in [1.165, 1.54) is 0 Å². The second-order valence-electron chi connectivity index (χ2n) is 4.49. The average Bonchev–Trinajstić information content (AvgIpc) is 3.18. The lowest BCUT2D eigenvalue weighted by atomic mass is 10.2. The van der Waals surface area contributed by atoms with Crippen LogP contribution in [-0.2, 0) is 6.54 Å². The van der Waals surface area contributed by atoms with E-state index in [1.807, 2.05) is 31.2 Å². The van der Waals surface area contributed by atoms with Crippen LogP contribution in [0.3, 0.4) is 0 Å². The van der Waals surface area contributed by atoms with E-state index in [1.54, 1.807) is 23.1 Å². The molecule has 7 heteroatoms. The Balaban J connectivity index is 1.77. The molecule has 1 N–H and O–H groups in total. The molecule has 0 aliphatic carbocycles. The van der Waals surface area contributed by atoms with Crippen LogP contribution in [0.4, 0.5) is 5.69 Å². The first-order valence-corrected chi connectivity index (χ1v) is 6.33. The lowest BCUT2D eigenvalue weighted by Gasteiger charge is -2.09. The lowest BCUT2D eigenvalue weighted by molar-refractivity contribution is 0.506. The molecule has 0 bridgehead atoms. The van der Waals surface area contributed by atoms with Gasteiger partial charge in [0.05, 0.1) is 12.2 Å². The molecule has 2 heterocycles. The topological polar surface area (TPSA) is 92.6 Å². The van der Waals surface area contributed by atoms with Crippen LogP contribution in [-0.4, -0.2) is 20.2 Å². The second kappa shape index (κ2) is 5.46. The van der Waals surface area contributed by atoms with Gasteiger partial charge in [-0.25, -0.2) is 4.68 Å². The molecule has 0 fully saturated rings. The van der Waals surface area contributed by atoms with Gasteiger partial charge in [-0.2, -0.15) is 5.26 Å². The summed E-state index contributed by atoms with van der Waals surface area (Å²) in [5, 5.41) is 23.1. The Morgan fingerprint density at radius 1 is 1.33 bits per heavy atom. The second-order valence-corrected chi connectivity index (χ2v) is 4.49. The van der Waals surface area contributed by atoms with E-state index in [0.29, 0.717) is 18.1 Å². The highest BCUT2D eigenvalue weighted by Gasteiger charge is 2.05. The van der Waals surface area contributed by atoms with Gasteiger partial charge < -0.3 is 9.73 Å². The van der Waals surface area contributed by atoms with Crippen molar-refractivity contribution in [2.75, 3.05) is 5.32 Å². The minimum atomic E-state index is 0.310. The minimum Gasteiger partial charge on any atom is -0.449 e. The quantitative estimate of drug-likeness (QED) is 0.786. The van der Waals surface area contributed by atoms with Crippen molar-refractivity contribution in [3.05, 3.63) is 53.7 Å². The number of aromatic nitrogens is 4. The van der Waals surface area contributed by atoms with Gasteiger partial charge in [0.25, 0.3) is 0 Å². The van der Waals surface area contributed by atoms with Gasteiger partial charge in [-0.1, -0.05) is 6.07 Å². The van der Waals surface area contributed by atoms with Crippen LogP contribution < -0.4 is 5.32 Å². The third-order valence-electron chi connectivity index (χ3n) is 3.04. The maximum atomic E-state index is 8.72. The van der Waals surface area contributed by atoms with Crippen molar-refractivity contribution >= 4 is 5.69 Å². The molecular formula is C14H12N6O. The van der Waals surface area contributed by atoms with E-state index in [-0.39, 0.29) is 0 Å². The highest BCUT2D eigenvalue weighted by Crippen LogP contribution is 2.19. The summed E-state index contributed by atoms with van der Waals surface area (Å²) in [6, 6.07) is 11.3. The first kappa shape index (κ1) is 12.9. The number of tetrazole rings is 1. The van der Waals surface area contributed by atoms with Crippen LogP contribution in [0.25, 0.3) is 5.69 Å². The van der Waals surface area contributed by atoms with Gasteiger partial charge in [0, 0.05) is 5.69 Å². The standard InChI is InChI=1S/C14H12N6O/c1-10-2-3-11(6-14(10)20-9-17-18-19-20)16-8-13-5-4-12(7-15)21-13/h2-6,9,16H,8H2,1H3. The van der Waals surface area contributed by atoms with Crippen LogP contribution in [0.1, 0.15) is 17.1 Å². The number of nitrogens with one attached hydrogen (secondary N) is 1. The molecule has 2 aromatic heterocycles. The molecule has 1 aromatic carbocycles. The molecule has 3 aromatic rings. The third kappa shape index (κ3) is 2.74. The first-order chi connectivity index (χ1) is 10.3. The fraction of sp³-hybridized carbons (Fsp3) is 0.143. The molecule has 0 radical (unpaired) electrons. The van der Waals surface area contributed by atoms with Gasteiger partial charge in [-0.3, -0.25) is 0 Å². The normalized spacial score (nSPS) is 10.3. The summed E-state index contributed by atoms with van der Waals surface area (Å²) in [5.74, 6) is 1.01. The van der Waals surface area contributed by atoms with E-state index in [4.69, 9.17) is 9.68 Å². The monoisotopic (exact) mass is 280 g/mol. The van der Waals surface area contributed by atoms with Crippen LogP contribution in [0.2, 0.25) is 0 Å². The molecule has 7 nitrogen and oxygen atoms in total. The molecule has 0 saturated carbocycles. The Bertz CT molecular complexity index is 784. The number of hydrogen-bond donors (Lipinski definition) is 1. The summed E-state index contributed by atoms with van der Waals surface area (Å²) < 4.78 is 6.93. The highest BCUT2D eigenvalue weighted by atomic mass is 16.3. The molecule has 21 heavy (non-hydrogen) atoms. The summed E-state index contributed by atoms with van der Waals surface area (Å²) in [5.41, 5.74) is 2.89. The number of aryl methyl sites for hydroxylation is 1. The Morgan fingerprint density at radius 2 is 2.24 bits per heavy atom. The largest absolute Gasteiger partial charge is 0.449 e. The Labute approximate surface area is 120 Å². The van der Waals surface area contributed by atoms with E-state index in [2.05, 4.69) is 20.8 Å². The van der Waals surface area contributed by atoms with Crippen molar-refractivity contribution in [2.45, 2.75) is 13.5 Å². The van der Waals surface area contributed by atoms with Gasteiger partial charge in [0.2, 0.25) is 5.76 Å². The smallest absolute Gasteiger partial charge is 0.203 e. The number of nitriles is 1. The Kier molecular flexibility index (Phi) is 3.35. The SMILES string of the molecule is Cc1ccc(NCc2ccc(C#N)o2)cc1-n1cnnn1. The van der Waals surface area contributed by atoms with E-state index < -0.39 is 0 Å². The summed E-state index contributed by atoms with van der Waals surface area (Å²) in [6.07, 6.45) is 1.55. The number of benzene rings is 1. The van der Waals surface area contributed by atoms with E-state index >= 15 is 0 Å². The molecule has 0 aliphatic heterocycles. The van der Waals surface area contributed by atoms with Gasteiger partial charge in [0.1, 0.15) is 18.2 Å².